The van der Waals surface area contributed by atoms with Crippen LogP contribution >= 0.6 is 11.3 Å². The Morgan fingerprint density at radius 1 is 0.970 bits per heavy atom. The molecule has 2 unspecified atom stereocenters. The number of carbonyl (C=O) groups is 3. The average molecular weight is 924 g/mol. The highest BCUT2D eigenvalue weighted by Gasteiger charge is 2.45. The van der Waals surface area contributed by atoms with Gasteiger partial charge < -0.3 is 44.3 Å². The minimum Gasteiger partial charge on any atom is -0.465 e. The monoisotopic (exact) mass is 923 g/mol. The number of likely N-dealkylation sites (tertiary alicyclic amines) is 2. The number of anilines is 1. The van der Waals surface area contributed by atoms with E-state index in [1.165, 1.54) is 24.7 Å². The molecule has 7 atom stereocenters. The van der Waals surface area contributed by atoms with Crippen molar-refractivity contribution in [3.8, 4) is 17.0 Å². The molecule has 0 saturated carbocycles. The number of nitrogens with one attached hydrogen (secondary N) is 3. The third-order valence-electron chi connectivity index (χ3n) is 14.1. The van der Waals surface area contributed by atoms with Gasteiger partial charge in [-0.2, -0.15) is 0 Å². The number of hydrogen-bond acceptors (Lipinski definition) is 11. The van der Waals surface area contributed by atoms with Gasteiger partial charge in [-0.1, -0.05) is 45.9 Å². The normalized spacial score (nSPS) is 22.4. The zero-order chi connectivity index (χ0) is 46.4. The molecule has 0 radical (unpaired) electrons. The number of benzene rings is 2. The first kappa shape index (κ1) is 45.8. The Bertz CT molecular complexity index is 2470. The molecule has 16 heteroatoms. The first-order valence-corrected chi connectivity index (χ1v) is 24.3. The van der Waals surface area contributed by atoms with Gasteiger partial charge in [0.1, 0.15) is 23.4 Å². The van der Waals surface area contributed by atoms with E-state index in [9.17, 15) is 19.5 Å². The largest absolute Gasteiger partial charge is 0.465 e. The minimum atomic E-state index is -1.27. The van der Waals surface area contributed by atoms with Crippen molar-refractivity contribution >= 4 is 41.0 Å². The Morgan fingerprint density at radius 3 is 2.50 bits per heavy atom. The Labute approximate surface area is 389 Å². The summed E-state index contributed by atoms with van der Waals surface area (Å²) in [6.07, 6.45) is 11.5. The Balaban J connectivity index is 0.963. The SMILES string of the molecule is COC(=O)N[C@H](C(=O)N1CCC[C@H]1CC=Cc1ccc2c(c1)C[C@H]1c3c(F)cc(-c4cnc([C@@H]5CCCN5C(=O)[C@@H](NC(O)OC)C(C)C)[nH]4)cc3OC(c3cc4c(s3)CCC4)N21)C(C)C. The fraction of sp³-hybridized carbons (Fsp3) is 0.520. The molecule has 3 amide bonds. The van der Waals surface area contributed by atoms with Gasteiger partial charge in [-0.05, 0) is 117 Å². The maximum Gasteiger partial charge on any atom is 0.407 e. The van der Waals surface area contributed by atoms with Crippen LogP contribution in [-0.2, 0) is 38.3 Å². The van der Waals surface area contributed by atoms with Crippen LogP contribution in [0.25, 0.3) is 17.3 Å². The van der Waals surface area contributed by atoms with Crippen LogP contribution in [-0.4, -0.2) is 94.6 Å². The lowest BCUT2D eigenvalue weighted by molar-refractivity contribution is -0.145. The maximum atomic E-state index is 16.9. The molecule has 6 heterocycles. The third-order valence-corrected chi connectivity index (χ3v) is 15.3. The summed E-state index contributed by atoms with van der Waals surface area (Å²) in [4.78, 5) is 56.1. The minimum absolute atomic E-state index is 0.0320. The van der Waals surface area contributed by atoms with E-state index in [-0.39, 0.29) is 47.6 Å². The van der Waals surface area contributed by atoms with E-state index in [4.69, 9.17) is 19.2 Å². The number of amides is 3. The topological polar surface area (TPSA) is 162 Å². The summed E-state index contributed by atoms with van der Waals surface area (Å²) >= 11 is 1.79. The number of nitrogens with zero attached hydrogens (tertiary/aromatic N) is 4. The number of halogens is 1. The Kier molecular flexibility index (Phi) is 13.3. The number of aromatic nitrogens is 2. The predicted octanol–water partition coefficient (Wildman–Crippen LogP) is 7.94. The molecule has 2 saturated heterocycles. The molecule has 4 aromatic rings. The lowest BCUT2D eigenvalue weighted by Gasteiger charge is -2.40. The molecule has 4 N–H and O–H groups in total. The fourth-order valence-corrected chi connectivity index (χ4v) is 12.0. The highest BCUT2D eigenvalue weighted by atomic mass is 32.1. The number of H-pyrrole nitrogens is 1. The molecule has 1 aliphatic carbocycles. The summed E-state index contributed by atoms with van der Waals surface area (Å²) < 4.78 is 33.6. The number of methoxy groups -OCH3 is 2. The predicted molar refractivity (Wildman–Crippen MR) is 250 cm³/mol. The number of aliphatic hydroxyl groups excluding tert-OH is 1. The van der Waals surface area contributed by atoms with Gasteiger partial charge in [0.2, 0.25) is 24.5 Å². The second kappa shape index (κ2) is 19.1. The molecule has 2 aromatic heterocycles. The van der Waals surface area contributed by atoms with Gasteiger partial charge in [-0.25, -0.2) is 14.2 Å². The van der Waals surface area contributed by atoms with Crippen LogP contribution in [0.3, 0.4) is 0 Å². The van der Waals surface area contributed by atoms with Gasteiger partial charge in [0, 0.05) is 42.4 Å². The van der Waals surface area contributed by atoms with E-state index >= 15 is 4.39 Å². The summed E-state index contributed by atoms with van der Waals surface area (Å²) in [6.45, 7) is 8.89. The molecule has 9 rings (SSSR count). The first-order valence-electron chi connectivity index (χ1n) is 23.5. The maximum absolute atomic E-state index is 16.9. The van der Waals surface area contributed by atoms with E-state index < -0.39 is 30.8 Å². The van der Waals surface area contributed by atoms with E-state index in [1.54, 1.807) is 28.5 Å². The first-order chi connectivity index (χ1) is 31.8. The number of fused-ring (bicyclic) bond motifs is 6. The van der Waals surface area contributed by atoms with Gasteiger partial charge in [-0.3, -0.25) is 14.9 Å². The zero-order valence-corrected chi connectivity index (χ0v) is 39.5. The third kappa shape index (κ3) is 8.84. The summed E-state index contributed by atoms with van der Waals surface area (Å²) in [7, 11) is 2.68. The molecule has 0 bridgehead atoms. The standard InChI is InChI=1S/C50H62FN7O7S/c1-27(2)43(54-49(61)63-5)46(59)56-19-9-14-33(56)13-7-11-29-17-18-36-32(21-29)23-38-42-34(51)22-31(24-39(42)65-48(58(36)38)41-25-30-12-8-16-40(30)66-41)35-26-52-45(53-35)37-15-10-20-57(37)47(60)44(28(3)4)55-50(62)64-6/h7,11,17-18,21-22,24-28,33,37-38,43-44,48,50,55,62H,8-10,12-16,19-20,23H2,1-6H3,(H,52,53)(H,54,61)/t33-,37+,38+,43+,44+,48?,50?/m1/s1. The smallest absolute Gasteiger partial charge is 0.407 e. The number of aliphatic hydroxyl groups is 1. The molecule has 14 nitrogen and oxygen atoms in total. The van der Waals surface area contributed by atoms with Crippen LogP contribution in [0, 0.1) is 17.7 Å². The fourth-order valence-electron chi connectivity index (χ4n) is 10.7. The molecule has 4 aliphatic heterocycles. The van der Waals surface area contributed by atoms with Crippen molar-refractivity contribution in [3.05, 3.63) is 92.3 Å². The summed E-state index contributed by atoms with van der Waals surface area (Å²) in [5.41, 5.74) is 6.30. The molecular formula is C50H62FN7O7S. The van der Waals surface area contributed by atoms with Crippen LogP contribution in [0.5, 0.6) is 5.75 Å². The van der Waals surface area contributed by atoms with Crippen molar-refractivity contribution in [1.29, 1.82) is 0 Å². The van der Waals surface area contributed by atoms with Crippen molar-refractivity contribution in [3.63, 3.8) is 0 Å². The van der Waals surface area contributed by atoms with Crippen LogP contribution < -0.4 is 20.3 Å². The molecule has 66 heavy (non-hydrogen) atoms. The van der Waals surface area contributed by atoms with Crippen molar-refractivity contribution in [2.24, 2.45) is 11.8 Å². The number of rotatable bonds is 14. The molecular weight excluding hydrogens is 862 g/mol. The molecule has 0 spiro atoms. The van der Waals surface area contributed by atoms with Gasteiger partial charge in [-0.15, -0.1) is 11.3 Å². The Morgan fingerprint density at radius 2 is 1.74 bits per heavy atom. The van der Waals surface area contributed by atoms with Crippen molar-refractivity contribution in [2.45, 2.75) is 128 Å². The number of carbonyl (C=O) groups excluding carboxylic acids is 3. The van der Waals surface area contributed by atoms with Crippen LogP contribution in [0.4, 0.5) is 14.9 Å². The second-order valence-corrected chi connectivity index (χ2v) is 20.1. The number of aromatic amines is 1. The summed E-state index contributed by atoms with van der Waals surface area (Å²) in [5.74, 6) is 0.368. The van der Waals surface area contributed by atoms with E-state index in [0.717, 1.165) is 66.6 Å². The number of aryl methyl sites for hydroxylation is 2. The highest BCUT2D eigenvalue weighted by Crippen LogP contribution is 2.54. The van der Waals surface area contributed by atoms with Crippen LogP contribution in [0.1, 0.15) is 122 Å². The van der Waals surface area contributed by atoms with Gasteiger partial charge in [0.15, 0.2) is 0 Å². The van der Waals surface area contributed by atoms with Crippen LogP contribution in [0.2, 0.25) is 0 Å². The average Bonchev–Trinajstić information content (AvgIpc) is 4.16. The second-order valence-electron chi connectivity index (χ2n) is 19.0. The quantitative estimate of drug-likeness (QED) is 0.0915. The zero-order valence-electron chi connectivity index (χ0n) is 38.6. The van der Waals surface area contributed by atoms with Crippen LogP contribution in [0.15, 0.2) is 48.7 Å². The number of hydrogen-bond donors (Lipinski definition) is 4. The summed E-state index contributed by atoms with van der Waals surface area (Å²) in [6, 6.07) is 10.3. The highest BCUT2D eigenvalue weighted by molar-refractivity contribution is 7.12. The molecule has 2 aromatic carbocycles. The van der Waals surface area contributed by atoms with Crippen molar-refractivity contribution < 1.29 is 38.1 Å². The van der Waals surface area contributed by atoms with Gasteiger partial charge in [0.05, 0.1) is 47.6 Å². The molecule has 5 aliphatic rings. The number of ether oxygens (including phenoxy) is 3. The van der Waals surface area contributed by atoms with Gasteiger partial charge in [0.25, 0.3) is 0 Å². The number of thiophene rings is 1. The Hall–Kier alpha value is -5.29. The number of alkyl carbamates (subject to hydrolysis) is 1. The van der Waals surface area contributed by atoms with Gasteiger partial charge >= 0.3 is 6.09 Å². The van der Waals surface area contributed by atoms with Crippen molar-refractivity contribution in [2.75, 3.05) is 32.2 Å². The molecule has 352 valence electrons. The lowest BCUT2D eigenvalue weighted by Crippen LogP contribution is -2.52. The van der Waals surface area contributed by atoms with E-state index in [0.29, 0.717) is 54.3 Å². The lowest BCUT2D eigenvalue weighted by atomic mass is 9.96. The molecule has 2 fully saturated rings. The summed E-state index contributed by atoms with van der Waals surface area (Å²) in [5, 5.41) is 15.8. The van der Waals surface area contributed by atoms with Crippen molar-refractivity contribution in [1.82, 2.24) is 30.4 Å². The van der Waals surface area contributed by atoms with E-state index in [2.05, 4.69) is 56.9 Å². The number of imidazole rings is 1. The van der Waals surface area contributed by atoms with E-state index in [1.807, 2.05) is 38.7 Å².